The van der Waals surface area contributed by atoms with E-state index in [2.05, 4.69) is 4.98 Å². The molecule has 1 aliphatic carbocycles. The maximum absolute atomic E-state index is 5.75. The molecule has 3 heteroatoms. The number of benzene rings is 1. The van der Waals surface area contributed by atoms with Crippen LogP contribution in [-0.2, 0) is 6.42 Å². The van der Waals surface area contributed by atoms with Gasteiger partial charge in [0.1, 0.15) is 5.52 Å². The average molecular weight is 244 g/mol. The summed E-state index contributed by atoms with van der Waals surface area (Å²) in [5.74, 6) is 1.74. The van der Waals surface area contributed by atoms with Crippen LogP contribution < -0.4 is 5.73 Å². The quantitative estimate of drug-likeness (QED) is 0.832. The molecule has 0 bridgehead atoms. The topological polar surface area (TPSA) is 52.0 Å². The van der Waals surface area contributed by atoms with Gasteiger partial charge in [-0.3, -0.25) is 0 Å². The summed E-state index contributed by atoms with van der Waals surface area (Å²) in [6.45, 7) is 0. The Labute approximate surface area is 107 Å². The van der Waals surface area contributed by atoms with Gasteiger partial charge in [0.15, 0.2) is 11.5 Å². The van der Waals surface area contributed by atoms with Crippen LogP contribution in [0.5, 0.6) is 0 Å². The Hall–Kier alpha value is -1.51. The maximum atomic E-state index is 5.75. The molecule has 1 aliphatic rings. The molecule has 0 unspecified atom stereocenters. The molecule has 1 aromatic carbocycles. The van der Waals surface area contributed by atoms with E-state index in [4.69, 9.17) is 10.2 Å². The Balaban J connectivity index is 1.67. The van der Waals surface area contributed by atoms with Gasteiger partial charge in [0.2, 0.25) is 0 Å². The second-order valence-corrected chi connectivity index (χ2v) is 5.38. The van der Waals surface area contributed by atoms with E-state index in [1.807, 2.05) is 18.2 Å². The van der Waals surface area contributed by atoms with Crippen LogP contribution in [0.15, 0.2) is 22.6 Å². The van der Waals surface area contributed by atoms with Gasteiger partial charge in [0.25, 0.3) is 0 Å². The van der Waals surface area contributed by atoms with Gasteiger partial charge in [-0.05, 0) is 24.5 Å². The summed E-state index contributed by atoms with van der Waals surface area (Å²) in [6, 6.07) is 5.65. The summed E-state index contributed by atoms with van der Waals surface area (Å²) in [6.07, 6.45) is 9.14. The molecule has 0 amide bonds. The van der Waals surface area contributed by atoms with E-state index in [1.165, 1.54) is 38.5 Å². The highest BCUT2D eigenvalue weighted by Crippen LogP contribution is 2.28. The molecule has 2 aromatic rings. The van der Waals surface area contributed by atoms with Crippen molar-refractivity contribution in [3.8, 4) is 0 Å². The molecule has 0 radical (unpaired) electrons. The Kier molecular flexibility index (Phi) is 3.22. The minimum Gasteiger partial charge on any atom is -0.441 e. The second-order valence-electron chi connectivity index (χ2n) is 5.38. The van der Waals surface area contributed by atoms with E-state index in [0.717, 1.165) is 35.0 Å². The summed E-state index contributed by atoms with van der Waals surface area (Å²) >= 11 is 0. The first-order valence-electron chi connectivity index (χ1n) is 6.96. The van der Waals surface area contributed by atoms with Gasteiger partial charge >= 0.3 is 0 Å². The SMILES string of the molecule is Nc1ccc2nc(CCC3CCCCC3)oc2c1. The van der Waals surface area contributed by atoms with Crippen LogP contribution in [0.4, 0.5) is 5.69 Å². The van der Waals surface area contributed by atoms with Crippen molar-refractivity contribution in [2.45, 2.75) is 44.9 Å². The molecule has 2 N–H and O–H groups in total. The largest absolute Gasteiger partial charge is 0.441 e. The smallest absolute Gasteiger partial charge is 0.195 e. The van der Waals surface area contributed by atoms with Crippen LogP contribution >= 0.6 is 0 Å². The lowest BCUT2D eigenvalue weighted by Crippen LogP contribution is -2.07. The minimum absolute atomic E-state index is 0.734. The summed E-state index contributed by atoms with van der Waals surface area (Å²) in [5, 5.41) is 0. The van der Waals surface area contributed by atoms with Crippen molar-refractivity contribution in [1.82, 2.24) is 4.98 Å². The normalized spacial score (nSPS) is 17.3. The van der Waals surface area contributed by atoms with E-state index in [1.54, 1.807) is 0 Å². The second kappa shape index (κ2) is 5.01. The standard InChI is InChI=1S/C15H20N2O/c16-12-7-8-13-14(10-12)18-15(17-13)9-6-11-4-2-1-3-5-11/h7-8,10-11H,1-6,9,16H2. The first kappa shape index (κ1) is 11.6. The van der Waals surface area contributed by atoms with E-state index in [0.29, 0.717) is 0 Å². The van der Waals surface area contributed by atoms with Gasteiger partial charge in [0.05, 0.1) is 0 Å². The molecule has 1 aromatic heterocycles. The highest BCUT2D eigenvalue weighted by molar-refractivity contribution is 5.76. The van der Waals surface area contributed by atoms with Crippen LogP contribution in [0, 0.1) is 5.92 Å². The Morgan fingerprint density at radius 3 is 2.89 bits per heavy atom. The fraction of sp³-hybridized carbons (Fsp3) is 0.533. The van der Waals surface area contributed by atoms with Crippen molar-refractivity contribution in [2.24, 2.45) is 5.92 Å². The number of nitrogen functional groups attached to an aromatic ring is 1. The van der Waals surface area contributed by atoms with Gasteiger partial charge in [-0.25, -0.2) is 4.98 Å². The number of fused-ring (bicyclic) bond motifs is 1. The van der Waals surface area contributed by atoms with Crippen LogP contribution in [0.1, 0.15) is 44.4 Å². The molecule has 1 heterocycles. The van der Waals surface area contributed by atoms with Crippen molar-refractivity contribution in [1.29, 1.82) is 0 Å². The first-order valence-corrected chi connectivity index (χ1v) is 6.96. The number of nitrogens with two attached hydrogens (primary N) is 1. The van der Waals surface area contributed by atoms with Crippen molar-refractivity contribution in [2.75, 3.05) is 5.73 Å². The van der Waals surface area contributed by atoms with Crippen molar-refractivity contribution < 1.29 is 4.42 Å². The maximum Gasteiger partial charge on any atom is 0.195 e. The van der Waals surface area contributed by atoms with Gasteiger partial charge < -0.3 is 10.2 Å². The zero-order chi connectivity index (χ0) is 12.4. The minimum atomic E-state index is 0.734. The molecule has 0 atom stereocenters. The number of hydrogen-bond acceptors (Lipinski definition) is 3. The number of hydrogen-bond donors (Lipinski definition) is 1. The molecule has 3 rings (SSSR count). The number of nitrogens with zero attached hydrogens (tertiary/aromatic N) is 1. The molecular formula is C15H20N2O. The van der Waals surface area contributed by atoms with E-state index in [-0.39, 0.29) is 0 Å². The monoisotopic (exact) mass is 244 g/mol. The van der Waals surface area contributed by atoms with Gasteiger partial charge in [-0.15, -0.1) is 0 Å². The third kappa shape index (κ3) is 2.50. The molecule has 0 spiro atoms. The molecule has 0 aliphatic heterocycles. The Morgan fingerprint density at radius 2 is 2.06 bits per heavy atom. The Morgan fingerprint density at radius 1 is 1.22 bits per heavy atom. The van der Waals surface area contributed by atoms with Crippen LogP contribution in [0.2, 0.25) is 0 Å². The number of anilines is 1. The van der Waals surface area contributed by atoms with E-state index in [9.17, 15) is 0 Å². The summed E-state index contributed by atoms with van der Waals surface area (Å²) in [4.78, 5) is 4.52. The van der Waals surface area contributed by atoms with Gasteiger partial charge in [-0.1, -0.05) is 32.1 Å². The molecule has 96 valence electrons. The Bertz CT molecular complexity index is 526. The fourth-order valence-corrected chi connectivity index (χ4v) is 2.90. The lowest BCUT2D eigenvalue weighted by molar-refractivity contribution is 0.330. The highest BCUT2D eigenvalue weighted by atomic mass is 16.3. The third-order valence-corrected chi connectivity index (χ3v) is 3.95. The average Bonchev–Trinajstić information content (AvgIpc) is 2.79. The molecule has 18 heavy (non-hydrogen) atoms. The summed E-state index contributed by atoms with van der Waals surface area (Å²) in [7, 11) is 0. The lowest BCUT2D eigenvalue weighted by atomic mass is 9.86. The molecule has 1 saturated carbocycles. The number of aromatic nitrogens is 1. The number of rotatable bonds is 3. The first-order chi connectivity index (χ1) is 8.81. The van der Waals surface area contributed by atoms with E-state index >= 15 is 0 Å². The zero-order valence-corrected chi connectivity index (χ0v) is 10.7. The van der Waals surface area contributed by atoms with Crippen molar-refractivity contribution >= 4 is 16.8 Å². The zero-order valence-electron chi connectivity index (χ0n) is 10.7. The van der Waals surface area contributed by atoms with Gasteiger partial charge in [-0.2, -0.15) is 0 Å². The fourth-order valence-electron chi connectivity index (χ4n) is 2.90. The summed E-state index contributed by atoms with van der Waals surface area (Å²) in [5.41, 5.74) is 8.20. The van der Waals surface area contributed by atoms with Crippen LogP contribution in [-0.4, -0.2) is 4.98 Å². The van der Waals surface area contributed by atoms with Crippen LogP contribution in [0.25, 0.3) is 11.1 Å². The molecular weight excluding hydrogens is 224 g/mol. The van der Waals surface area contributed by atoms with E-state index < -0.39 is 0 Å². The van der Waals surface area contributed by atoms with Crippen LogP contribution in [0.3, 0.4) is 0 Å². The van der Waals surface area contributed by atoms with Crippen molar-refractivity contribution in [3.05, 3.63) is 24.1 Å². The number of oxazole rings is 1. The lowest BCUT2D eigenvalue weighted by Gasteiger charge is -2.20. The predicted octanol–water partition coefficient (Wildman–Crippen LogP) is 3.92. The molecule has 1 fully saturated rings. The van der Waals surface area contributed by atoms with Gasteiger partial charge in [0, 0.05) is 18.2 Å². The molecule has 0 saturated heterocycles. The van der Waals surface area contributed by atoms with Crippen molar-refractivity contribution in [3.63, 3.8) is 0 Å². The predicted molar refractivity (Wildman–Crippen MR) is 73.3 cm³/mol. The number of aryl methyl sites for hydroxylation is 1. The highest BCUT2D eigenvalue weighted by Gasteiger charge is 2.15. The molecule has 3 nitrogen and oxygen atoms in total. The summed E-state index contributed by atoms with van der Waals surface area (Å²) < 4.78 is 5.75. The third-order valence-electron chi connectivity index (χ3n) is 3.95.